The van der Waals surface area contributed by atoms with Gasteiger partial charge in [0.1, 0.15) is 0 Å². The van der Waals surface area contributed by atoms with Gasteiger partial charge in [-0.05, 0) is 56.2 Å². The minimum absolute atomic E-state index is 0.0856. The van der Waals surface area contributed by atoms with Crippen LogP contribution in [0.15, 0.2) is 27.9 Å². The van der Waals surface area contributed by atoms with E-state index in [0.29, 0.717) is 18.1 Å². The SMILES string of the molecule is COc1ccc([C@H]2C[C@H]3C(I)=CC2C(=O)[C@]32CO2)cc1OC. The number of ketones is 1. The van der Waals surface area contributed by atoms with E-state index in [1.165, 1.54) is 3.58 Å². The summed E-state index contributed by atoms with van der Waals surface area (Å²) in [5, 5.41) is 0. The fourth-order valence-corrected chi connectivity index (χ4v) is 5.04. The number of carbonyl (C=O) groups is 1. The normalized spacial score (nSPS) is 35.5. The molecule has 1 spiro atoms. The fraction of sp³-hybridized carbons (Fsp3) is 0.471. The van der Waals surface area contributed by atoms with E-state index in [1.54, 1.807) is 14.2 Å². The van der Waals surface area contributed by atoms with Crippen LogP contribution in [0.25, 0.3) is 0 Å². The smallest absolute Gasteiger partial charge is 0.175 e. The molecule has 0 N–H and O–H groups in total. The van der Waals surface area contributed by atoms with Crippen LogP contribution in [-0.4, -0.2) is 32.2 Å². The molecule has 22 heavy (non-hydrogen) atoms. The van der Waals surface area contributed by atoms with E-state index in [-0.39, 0.29) is 23.5 Å². The molecule has 1 saturated carbocycles. The number of allylic oxidation sites excluding steroid dienone is 1. The van der Waals surface area contributed by atoms with Crippen molar-refractivity contribution in [2.45, 2.75) is 17.9 Å². The third-order valence-corrected chi connectivity index (χ3v) is 6.28. The number of carbonyl (C=O) groups excluding carboxylic acids is 1. The van der Waals surface area contributed by atoms with Gasteiger partial charge in [0.25, 0.3) is 0 Å². The summed E-state index contributed by atoms with van der Waals surface area (Å²) < 4.78 is 17.5. The van der Waals surface area contributed by atoms with E-state index < -0.39 is 5.60 Å². The number of rotatable bonds is 3. The Morgan fingerprint density at radius 2 is 2.00 bits per heavy atom. The van der Waals surface area contributed by atoms with Crippen LogP contribution in [-0.2, 0) is 9.53 Å². The number of epoxide rings is 1. The molecular weight excluding hydrogens is 395 g/mol. The van der Waals surface area contributed by atoms with Crippen molar-refractivity contribution in [3.63, 3.8) is 0 Å². The molecule has 2 bridgehead atoms. The van der Waals surface area contributed by atoms with E-state index >= 15 is 0 Å². The second kappa shape index (κ2) is 4.96. The van der Waals surface area contributed by atoms with Crippen LogP contribution in [0.2, 0.25) is 0 Å². The monoisotopic (exact) mass is 412 g/mol. The van der Waals surface area contributed by atoms with E-state index in [2.05, 4.69) is 28.7 Å². The maximum atomic E-state index is 12.7. The lowest BCUT2D eigenvalue weighted by atomic mass is 9.61. The average Bonchev–Trinajstić information content (AvgIpc) is 3.33. The van der Waals surface area contributed by atoms with Crippen LogP contribution in [0, 0.1) is 11.8 Å². The standard InChI is InChI=1S/C17H17IO4/c1-20-14-4-3-9(5-15(14)21-2)10-6-12-13(18)7-11(10)16(19)17(12)8-22-17/h3-5,7,10-12H,6,8H2,1-2H3/t10-,11?,12+,17+/m1/s1. The molecule has 0 amide bonds. The van der Waals surface area contributed by atoms with E-state index in [1.807, 2.05) is 18.2 Å². The van der Waals surface area contributed by atoms with Gasteiger partial charge < -0.3 is 14.2 Å². The molecule has 116 valence electrons. The first-order chi connectivity index (χ1) is 10.6. The summed E-state index contributed by atoms with van der Waals surface area (Å²) in [6, 6.07) is 5.96. The molecule has 1 heterocycles. The number of halogens is 1. The first-order valence-electron chi connectivity index (χ1n) is 7.38. The quantitative estimate of drug-likeness (QED) is 0.566. The van der Waals surface area contributed by atoms with E-state index in [0.717, 1.165) is 12.0 Å². The molecule has 4 nitrogen and oxygen atoms in total. The first kappa shape index (κ1) is 14.5. The summed E-state index contributed by atoms with van der Waals surface area (Å²) in [5.41, 5.74) is 0.639. The van der Waals surface area contributed by atoms with Crippen LogP contribution < -0.4 is 9.47 Å². The molecule has 5 rings (SSSR count). The highest BCUT2D eigenvalue weighted by molar-refractivity contribution is 14.1. The Labute approximate surface area is 143 Å². The minimum Gasteiger partial charge on any atom is -0.493 e. The highest BCUT2D eigenvalue weighted by Crippen LogP contribution is 2.59. The number of ether oxygens (including phenoxy) is 3. The van der Waals surface area contributed by atoms with Crippen LogP contribution in [0.1, 0.15) is 17.9 Å². The Balaban J connectivity index is 1.72. The Hall–Kier alpha value is -1.08. The van der Waals surface area contributed by atoms with E-state index in [4.69, 9.17) is 14.2 Å². The van der Waals surface area contributed by atoms with Crippen LogP contribution in [0.4, 0.5) is 0 Å². The van der Waals surface area contributed by atoms with Gasteiger partial charge in [-0.25, -0.2) is 0 Å². The summed E-state index contributed by atoms with van der Waals surface area (Å²) in [5.74, 6) is 2.01. The van der Waals surface area contributed by atoms with Gasteiger partial charge in [-0.3, -0.25) is 4.79 Å². The molecular formula is C17H17IO4. The van der Waals surface area contributed by atoms with Crippen LogP contribution >= 0.6 is 22.6 Å². The lowest BCUT2D eigenvalue weighted by molar-refractivity contribution is -0.132. The van der Waals surface area contributed by atoms with Crippen molar-refractivity contribution >= 4 is 28.4 Å². The van der Waals surface area contributed by atoms with Gasteiger partial charge in [0.05, 0.1) is 20.8 Å². The van der Waals surface area contributed by atoms with Gasteiger partial charge in [0.15, 0.2) is 22.9 Å². The molecule has 3 aliphatic carbocycles. The summed E-state index contributed by atoms with van der Waals surface area (Å²) in [7, 11) is 3.26. The maximum absolute atomic E-state index is 12.7. The van der Waals surface area contributed by atoms with Gasteiger partial charge in [-0.15, -0.1) is 0 Å². The molecule has 1 aliphatic heterocycles. The Morgan fingerprint density at radius 1 is 1.27 bits per heavy atom. The number of fused-ring (bicyclic) bond motifs is 1. The fourth-order valence-electron chi connectivity index (χ4n) is 3.89. The average molecular weight is 412 g/mol. The number of benzene rings is 1. The molecule has 1 aromatic carbocycles. The zero-order valence-corrected chi connectivity index (χ0v) is 14.6. The molecule has 0 radical (unpaired) electrons. The topological polar surface area (TPSA) is 48.1 Å². The molecule has 5 heteroatoms. The zero-order valence-electron chi connectivity index (χ0n) is 12.5. The lowest BCUT2D eigenvalue weighted by Crippen LogP contribution is -2.49. The lowest BCUT2D eigenvalue weighted by Gasteiger charge is -2.43. The molecule has 2 fully saturated rings. The highest BCUT2D eigenvalue weighted by Gasteiger charge is 2.66. The molecule has 4 atom stereocenters. The number of hydrogen-bond acceptors (Lipinski definition) is 4. The van der Waals surface area contributed by atoms with Gasteiger partial charge in [0, 0.05) is 11.8 Å². The zero-order chi connectivity index (χ0) is 15.5. The van der Waals surface area contributed by atoms with Gasteiger partial charge in [0.2, 0.25) is 0 Å². The van der Waals surface area contributed by atoms with Crippen LogP contribution in [0.3, 0.4) is 0 Å². The third-order valence-electron chi connectivity index (χ3n) is 5.17. The minimum atomic E-state index is -0.497. The maximum Gasteiger partial charge on any atom is 0.175 e. The van der Waals surface area contributed by atoms with Crippen LogP contribution in [0.5, 0.6) is 11.5 Å². The Morgan fingerprint density at radius 3 is 2.64 bits per heavy atom. The second-order valence-corrected chi connectivity index (χ2v) is 7.37. The number of hydrogen-bond donors (Lipinski definition) is 0. The summed E-state index contributed by atoms with van der Waals surface area (Å²) in [6.07, 6.45) is 3.09. The second-order valence-electron chi connectivity index (χ2n) is 6.13. The molecule has 0 aromatic heterocycles. The summed E-state index contributed by atoms with van der Waals surface area (Å²) >= 11 is 2.36. The summed E-state index contributed by atoms with van der Waals surface area (Å²) in [4.78, 5) is 12.7. The van der Waals surface area contributed by atoms with Gasteiger partial charge in [-0.2, -0.15) is 0 Å². The highest BCUT2D eigenvalue weighted by atomic mass is 127. The summed E-state index contributed by atoms with van der Waals surface area (Å²) in [6.45, 7) is 0.589. The van der Waals surface area contributed by atoms with Gasteiger partial charge >= 0.3 is 0 Å². The van der Waals surface area contributed by atoms with Crippen molar-refractivity contribution in [1.82, 2.24) is 0 Å². The molecule has 4 aliphatic rings. The van der Waals surface area contributed by atoms with Crippen molar-refractivity contribution in [3.05, 3.63) is 33.4 Å². The number of methoxy groups -OCH3 is 2. The predicted molar refractivity (Wildman–Crippen MR) is 89.7 cm³/mol. The molecule has 1 aromatic rings. The molecule has 1 saturated heterocycles. The molecule has 1 unspecified atom stereocenters. The van der Waals surface area contributed by atoms with Gasteiger partial charge in [-0.1, -0.05) is 12.1 Å². The van der Waals surface area contributed by atoms with Crippen molar-refractivity contribution in [2.75, 3.05) is 20.8 Å². The van der Waals surface area contributed by atoms with Crippen molar-refractivity contribution < 1.29 is 19.0 Å². The predicted octanol–water partition coefficient (Wildman–Crippen LogP) is 3.09. The third kappa shape index (κ3) is 1.88. The number of Topliss-reactive ketones (excluding diaryl/α,β-unsaturated/α-hetero) is 1. The Bertz CT molecular complexity index is 677. The van der Waals surface area contributed by atoms with Crippen molar-refractivity contribution in [2.24, 2.45) is 11.8 Å². The first-order valence-corrected chi connectivity index (χ1v) is 8.46. The Kier molecular flexibility index (Phi) is 3.27. The van der Waals surface area contributed by atoms with E-state index in [9.17, 15) is 4.79 Å². The van der Waals surface area contributed by atoms with Crippen molar-refractivity contribution in [1.29, 1.82) is 0 Å². The van der Waals surface area contributed by atoms with Crippen molar-refractivity contribution in [3.8, 4) is 11.5 Å². The largest absolute Gasteiger partial charge is 0.493 e.